The number of carbonyl (C=O) groups excluding carboxylic acids is 1. The van der Waals surface area contributed by atoms with E-state index in [1.54, 1.807) is 6.07 Å². The summed E-state index contributed by atoms with van der Waals surface area (Å²) < 4.78 is 11.4. The van der Waals surface area contributed by atoms with E-state index in [0.717, 1.165) is 55.4 Å². The second-order valence-electron chi connectivity index (χ2n) is 8.72. The summed E-state index contributed by atoms with van der Waals surface area (Å²) in [6, 6.07) is 12.4. The van der Waals surface area contributed by atoms with Gasteiger partial charge in [0.25, 0.3) is 0 Å². The molecule has 1 fully saturated rings. The number of hydrogen-bond donors (Lipinski definition) is 1. The van der Waals surface area contributed by atoms with Crippen LogP contribution in [0.1, 0.15) is 40.7 Å². The molecular weight excluding hydrogens is 400 g/mol. The Bertz CT molecular complexity index is 975. The molecule has 2 atom stereocenters. The highest BCUT2D eigenvalue weighted by Crippen LogP contribution is 2.44. The van der Waals surface area contributed by atoms with Gasteiger partial charge in [-0.05, 0) is 73.7 Å². The Hall–Kier alpha value is -2.24. The van der Waals surface area contributed by atoms with Crippen molar-refractivity contribution in [3.63, 3.8) is 0 Å². The van der Waals surface area contributed by atoms with Crippen molar-refractivity contribution in [1.82, 2.24) is 5.32 Å². The van der Waals surface area contributed by atoms with Crippen LogP contribution in [0.3, 0.4) is 0 Å². The van der Waals surface area contributed by atoms with Crippen LogP contribution >= 0.6 is 11.6 Å². The molecule has 0 saturated carbocycles. The molecule has 0 bridgehead atoms. The number of aryl methyl sites for hydroxylation is 1. The minimum Gasteiger partial charge on any atom is -0.490 e. The third-order valence-corrected chi connectivity index (χ3v) is 7.06. The SMILES string of the molecule is COC(=O)c1ccc2c(c1)N(C[C@@H]1CCN1)C[C@@]1(CCCc3cc(Cl)ccc31)CO2. The quantitative estimate of drug-likeness (QED) is 0.753. The van der Waals surface area contributed by atoms with Gasteiger partial charge in [0.2, 0.25) is 0 Å². The van der Waals surface area contributed by atoms with Gasteiger partial charge in [-0.1, -0.05) is 17.7 Å². The zero-order valence-electron chi connectivity index (χ0n) is 17.2. The second-order valence-corrected chi connectivity index (χ2v) is 9.15. The van der Waals surface area contributed by atoms with E-state index in [1.807, 2.05) is 18.2 Å². The molecule has 2 aliphatic heterocycles. The van der Waals surface area contributed by atoms with Crippen LogP contribution in [0.4, 0.5) is 5.69 Å². The molecule has 1 N–H and O–H groups in total. The molecule has 0 aromatic heterocycles. The van der Waals surface area contributed by atoms with Gasteiger partial charge in [-0.15, -0.1) is 0 Å². The van der Waals surface area contributed by atoms with Crippen LogP contribution in [-0.2, 0) is 16.6 Å². The molecule has 0 radical (unpaired) electrons. The lowest BCUT2D eigenvalue weighted by Gasteiger charge is -2.42. The first-order chi connectivity index (χ1) is 14.6. The summed E-state index contributed by atoms with van der Waals surface area (Å²) >= 11 is 6.30. The lowest BCUT2D eigenvalue weighted by molar-refractivity contribution is 0.0600. The van der Waals surface area contributed by atoms with Gasteiger partial charge >= 0.3 is 5.97 Å². The molecule has 2 heterocycles. The van der Waals surface area contributed by atoms with Crippen molar-refractivity contribution in [3.8, 4) is 5.75 Å². The smallest absolute Gasteiger partial charge is 0.337 e. The van der Waals surface area contributed by atoms with Crippen LogP contribution < -0.4 is 15.0 Å². The Kier molecular flexibility index (Phi) is 5.11. The summed E-state index contributed by atoms with van der Waals surface area (Å²) in [6.45, 7) is 3.44. The molecular formula is C24H27ClN2O3. The maximum atomic E-state index is 12.2. The van der Waals surface area contributed by atoms with Crippen LogP contribution in [0, 0.1) is 0 Å². The molecule has 2 aromatic carbocycles. The van der Waals surface area contributed by atoms with Crippen molar-refractivity contribution in [2.75, 3.05) is 38.3 Å². The van der Waals surface area contributed by atoms with Crippen molar-refractivity contribution < 1.29 is 14.3 Å². The molecule has 1 saturated heterocycles. The van der Waals surface area contributed by atoms with E-state index in [2.05, 4.69) is 22.3 Å². The van der Waals surface area contributed by atoms with Crippen LogP contribution in [0.15, 0.2) is 36.4 Å². The first-order valence-electron chi connectivity index (χ1n) is 10.7. The fourth-order valence-electron chi connectivity index (χ4n) is 5.13. The molecule has 0 unspecified atom stereocenters. The van der Waals surface area contributed by atoms with Crippen molar-refractivity contribution in [2.24, 2.45) is 0 Å². The third kappa shape index (κ3) is 3.44. The molecule has 1 spiro atoms. The number of hydrogen-bond acceptors (Lipinski definition) is 5. The summed E-state index contributed by atoms with van der Waals surface area (Å²) in [5.41, 5.74) is 4.13. The fourth-order valence-corrected chi connectivity index (χ4v) is 5.32. The summed E-state index contributed by atoms with van der Waals surface area (Å²) in [5.74, 6) is 0.510. The number of anilines is 1. The summed E-state index contributed by atoms with van der Waals surface area (Å²) in [5, 5.41) is 4.31. The summed E-state index contributed by atoms with van der Waals surface area (Å²) in [7, 11) is 1.42. The average molecular weight is 427 g/mol. The Morgan fingerprint density at radius 2 is 2.20 bits per heavy atom. The number of nitrogens with zero attached hydrogens (tertiary/aromatic N) is 1. The topological polar surface area (TPSA) is 50.8 Å². The molecule has 0 amide bonds. The van der Waals surface area contributed by atoms with E-state index in [0.29, 0.717) is 18.2 Å². The standard InChI is InChI=1S/C24H27ClN2O3/c1-29-23(28)17-4-7-22-21(12-17)27(13-19-8-10-26-19)14-24(15-30-22)9-2-3-16-11-18(25)5-6-20(16)24/h4-7,11-12,19,26H,2-3,8-10,13-15H2,1H3/t19-,24-/m0/s1. The highest BCUT2D eigenvalue weighted by atomic mass is 35.5. The highest BCUT2D eigenvalue weighted by Gasteiger charge is 2.42. The maximum absolute atomic E-state index is 12.2. The monoisotopic (exact) mass is 426 g/mol. The van der Waals surface area contributed by atoms with E-state index < -0.39 is 0 Å². The first-order valence-corrected chi connectivity index (χ1v) is 11.1. The van der Waals surface area contributed by atoms with Gasteiger partial charge in [-0.25, -0.2) is 4.79 Å². The van der Waals surface area contributed by atoms with Crippen molar-refractivity contribution >= 4 is 23.3 Å². The number of fused-ring (bicyclic) bond motifs is 3. The zero-order valence-corrected chi connectivity index (χ0v) is 18.0. The third-order valence-electron chi connectivity index (χ3n) is 6.82. The Balaban J connectivity index is 1.56. The van der Waals surface area contributed by atoms with Crippen LogP contribution in [0.2, 0.25) is 5.02 Å². The van der Waals surface area contributed by atoms with Crippen molar-refractivity contribution in [3.05, 3.63) is 58.1 Å². The number of nitrogens with one attached hydrogen (secondary N) is 1. The molecule has 3 aliphatic rings. The van der Waals surface area contributed by atoms with E-state index in [4.69, 9.17) is 21.1 Å². The predicted molar refractivity (Wildman–Crippen MR) is 118 cm³/mol. The molecule has 1 aliphatic carbocycles. The van der Waals surface area contributed by atoms with Crippen LogP contribution in [-0.4, -0.2) is 45.4 Å². The largest absolute Gasteiger partial charge is 0.490 e. The minimum atomic E-state index is -0.323. The zero-order chi connectivity index (χ0) is 20.7. The molecule has 5 rings (SSSR count). The van der Waals surface area contributed by atoms with Crippen LogP contribution in [0.5, 0.6) is 5.75 Å². The molecule has 30 heavy (non-hydrogen) atoms. The van der Waals surface area contributed by atoms with Crippen LogP contribution in [0.25, 0.3) is 0 Å². The molecule has 6 heteroatoms. The van der Waals surface area contributed by atoms with E-state index in [9.17, 15) is 4.79 Å². The van der Waals surface area contributed by atoms with Crippen molar-refractivity contribution in [1.29, 1.82) is 0 Å². The predicted octanol–water partition coefficient (Wildman–Crippen LogP) is 3.96. The molecule has 158 valence electrons. The average Bonchev–Trinajstić information content (AvgIpc) is 2.87. The van der Waals surface area contributed by atoms with Gasteiger partial charge in [0.1, 0.15) is 5.75 Å². The maximum Gasteiger partial charge on any atom is 0.337 e. The second kappa shape index (κ2) is 7.78. The van der Waals surface area contributed by atoms with Gasteiger partial charge in [0.05, 0.1) is 25.0 Å². The van der Waals surface area contributed by atoms with Gasteiger partial charge in [0, 0.05) is 29.6 Å². The van der Waals surface area contributed by atoms with Gasteiger partial charge in [-0.2, -0.15) is 0 Å². The van der Waals surface area contributed by atoms with Crippen molar-refractivity contribution in [2.45, 2.75) is 37.1 Å². The number of carbonyl (C=O) groups is 1. The van der Waals surface area contributed by atoms with E-state index >= 15 is 0 Å². The number of ether oxygens (including phenoxy) is 2. The normalized spacial score (nSPS) is 24.9. The number of esters is 1. The summed E-state index contributed by atoms with van der Waals surface area (Å²) in [6.07, 6.45) is 4.42. The Labute approximate surface area is 182 Å². The Morgan fingerprint density at radius 1 is 1.33 bits per heavy atom. The lowest BCUT2D eigenvalue weighted by atomic mass is 9.70. The van der Waals surface area contributed by atoms with Gasteiger partial charge in [-0.3, -0.25) is 0 Å². The minimum absolute atomic E-state index is 0.0909. The molecule has 2 aromatic rings. The number of halogens is 1. The number of methoxy groups -OCH3 is 1. The molecule has 5 nitrogen and oxygen atoms in total. The fraction of sp³-hybridized carbons (Fsp3) is 0.458. The first kappa shape index (κ1) is 19.7. The lowest BCUT2D eigenvalue weighted by Crippen LogP contribution is -2.53. The summed E-state index contributed by atoms with van der Waals surface area (Å²) in [4.78, 5) is 14.6. The van der Waals surface area contributed by atoms with E-state index in [1.165, 1.54) is 24.7 Å². The number of rotatable bonds is 3. The van der Waals surface area contributed by atoms with Gasteiger partial charge in [0.15, 0.2) is 0 Å². The number of benzene rings is 2. The van der Waals surface area contributed by atoms with E-state index in [-0.39, 0.29) is 11.4 Å². The van der Waals surface area contributed by atoms with Gasteiger partial charge < -0.3 is 19.7 Å². The Morgan fingerprint density at radius 3 is 2.97 bits per heavy atom. The highest BCUT2D eigenvalue weighted by molar-refractivity contribution is 6.30.